The first-order valence-corrected chi connectivity index (χ1v) is 5.36. The summed E-state index contributed by atoms with van der Waals surface area (Å²) in [7, 11) is 1.60. The smallest absolute Gasteiger partial charge is 0.251 e. The molecule has 0 spiro atoms. The van der Waals surface area contributed by atoms with E-state index in [0.29, 0.717) is 13.2 Å². The van der Waals surface area contributed by atoms with Gasteiger partial charge in [-0.1, -0.05) is 6.92 Å². The second-order valence-corrected chi connectivity index (χ2v) is 4.01. The van der Waals surface area contributed by atoms with Gasteiger partial charge >= 0.3 is 0 Å². The molecule has 1 unspecified atom stereocenters. The quantitative estimate of drug-likeness (QED) is 0.765. The number of carbonyl (C=O) groups is 1. The van der Waals surface area contributed by atoms with Gasteiger partial charge in [0.05, 0.1) is 12.3 Å². The van der Waals surface area contributed by atoms with E-state index in [9.17, 15) is 9.18 Å². The number of rotatable bonds is 5. The van der Waals surface area contributed by atoms with E-state index < -0.39 is 5.82 Å². The number of hydrogen-bond acceptors (Lipinski definition) is 3. The van der Waals surface area contributed by atoms with Gasteiger partial charge in [0.1, 0.15) is 5.82 Å². The summed E-state index contributed by atoms with van der Waals surface area (Å²) in [6, 6.07) is 4.00. The minimum Gasteiger partial charge on any atom is -0.396 e. The van der Waals surface area contributed by atoms with Gasteiger partial charge in [-0.25, -0.2) is 4.39 Å². The van der Waals surface area contributed by atoms with Crippen LogP contribution in [0, 0.1) is 11.7 Å². The molecule has 5 heteroatoms. The lowest BCUT2D eigenvalue weighted by atomic mass is 10.1. The second kappa shape index (κ2) is 6.20. The number of methoxy groups -OCH3 is 1. The Bertz CT molecular complexity index is 396. The van der Waals surface area contributed by atoms with E-state index in [2.05, 4.69) is 5.32 Å². The predicted molar refractivity (Wildman–Crippen MR) is 64.2 cm³/mol. The zero-order chi connectivity index (χ0) is 12.8. The van der Waals surface area contributed by atoms with Gasteiger partial charge in [0.2, 0.25) is 0 Å². The van der Waals surface area contributed by atoms with Gasteiger partial charge in [0.15, 0.2) is 0 Å². The van der Waals surface area contributed by atoms with Crippen molar-refractivity contribution >= 4 is 11.6 Å². The van der Waals surface area contributed by atoms with Crippen LogP contribution in [-0.2, 0) is 4.74 Å². The molecule has 17 heavy (non-hydrogen) atoms. The third-order valence-corrected chi connectivity index (χ3v) is 2.32. The van der Waals surface area contributed by atoms with Crippen molar-refractivity contribution in [3.05, 3.63) is 29.6 Å². The average Bonchev–Trinajstić information content (AvgIpc) is 2.30. The first-order valence-electron chi connectivity index (χ1n) is 5.36. The number of nitrogen functional groups attached to an aromatic ring is 1. The van der Waals surface area contributed by atoms with Crippen molar-refractivity contribution in [1.29, 1.82) is 0 Å². The highest BCUT2D eigenvalue weighted by molar-refractivity contribution is 5.94. The minimum absolute atomic E-state index is 0.0364. The van der Waals surface area contributed by atoms with E-state index in [4.69, 9.17) is 10.5 Å². The fourth-order valence-corrected chi connectivity index (χ4v) is 1.38. The molecule has 94 valence electrons. The molecule has 1 aromatic carbocycles. The predicted octanol–water partition coefficient (Wildman–Crippen LogP) is 1.42. The van der Waals surface area contributed by atoms with Crippen LogP contribution in [0.2, 0.25) is 0 Å². The van der Waals surface area contributed by atoms with Crippen LogP contribution in [0.4, 0.5) is 10.1 Å². The van der Waals surface area contributed by atoms with Crippen LogP contribution in [0.5, 0.6) is 0 Å². The number of hydrogen-bond donors (Lipinski definition) is 2. The van der Waals surface area contributed by atoms with Crippen LogP contribution in [0.1, 0.15) is 17.3 Å². The maximum absolute atomic E-state index is 13.1. The van der Waals surface area contributed by atoms with Gasteiger partial charge in [-0.3, -0.25) is 4.79 Å². The molecule has 3 N–H and O–H groups in total. The Labute approximate surface area is 100.0 Å². The molecule has 0 aliphatic heterocycles. The Hall–Kier alpha value is -1.62. The molecule has 0 radical (unpaired) electrons. The van der Waals surface area contributed by atoms with Gasteiger partial charge in [-0.15, -0.1) is 0 Å². The van der Waals surface area contributed by atoms with Gasteiger partial charge in [-0.05, 0) is 24.1 Å². The molecule has 0 aliphatic carbocycles. The van der Waals surface area contributed by atoms with E-state index in [-0.39, 0.29) is 23.1 Å². The van der Waals surface area contributed by atoms with E-state index in [1.807, 2.05) is 6.92 Å². The molecule has 0 aromatic heterocycles. The van der Waals surface area contributed by atoms with Crippen molar-refractivity contribution in [3.8, 4) is 0 Å². The molecule has 0 aliphatic rings. The average molecular weight is 240 g/mol. The summed E-state index contributed by atoms with van der Waals surface area (Å²) < 4.78 is 18.1. The van der Waals surface area contributed by atoms with Crippen molar-refractivity contribution in [2.45, 2.75) is 6.92 Å². The Morgan fingerprint density at radius 2 is 2.29 bits per heavy atom. The topological polar surface area (TPSA) is 64.3 Å². The normalized spacial score (nSPS) is 12.2. The lowest BCUT2D eigenvalue weighted by Gasteiger charge is -2.11. The zero-order valence-corrected chi connectivity index (χ0v) is 10.00. The molecule has 4 nitrogen and oxygen atoms in total. The molecule has 0 saturated carbocycles. The van der Waals surface area contributed by atoms with Crippen LogP contribution in [0.3, 0.4) is 0 Å². The number of halogens is 1. The molecule has 0 heterocycles. The molecule has 1 rings (SSSR count). The molecule has 1 aromatic rings. The number of nitrogens with two attached hydrogens (primary N) is 1. The molecule has 1 amide bonds. The third kappa shape index (κ3) is 4.03. The van der Waals surface area contributed by atoms with Crippen LogP contribution in [-0.4, -0.2) is 26.2 Å². The fourth-order valence-electron chi connectivity index (χ4n) is 1.38. The highest BCUT2D eigenvalue weighted by atomic mass is 19.1. The molecular weight excluding hydrogens is 223 g/mol. The number of amides is 1. The molecule has 0 saturated heterocycles. The highest BCUT2D eigenvalue weighted by Crippen LogP contribution is 2.11. The molecule has 0 bridgehead atoms. The first-order chi connectivity index (χ1) is 8.04. The standard InChI is InChI=1S/C12H17FN2O2/c1-8(7-17-2)6-15-12(16)9-3-4-11(14)10(13)5-9/h3-5,8H,6-7,14H2,1-2H3,(H,15,16). The van der Waals surface area contributed by atoms with Crippen LogP contribution in [0.25, 0.3) is 0 Å². The zero-order valence-electron chi connectivity index (χ0n) is 10.00. The number of carbonyl (C=O) groups excluding carboxylic acids is 1. The Morgan fingerprint density at radius 3 is 2.88 bits per heavy atom. The Kier molecular flexibility index (Phi) is 4.90. The van der Waals surface area contributed by atoms with Crippen LogP contribution >= 0.6 is 0 Å². The van der Waals surface area contributed by atoms with E-state index in [0.717, 1.165) is 6.07 Å². The van der Waals surface area contributed by atoms with Gasteiger partial charge in [0, 0.05) is 19.2 Å². The van der Waals surface area contributed by atoms with Crippen LogP contribution in [0.15, 0.2) is 18.2 Å². The van der Waals surface area contributed by atoms with E-state index in [1.54, 1.807) is 7.11 Å². The Morgan fingerprint density at radius 1 is 1.59 bits per heavy atom. The SMILES string of the molecule is COCC(C)CNC(=O)c1ccc(N)c(F)c1. The lowest BCUT2D eigenvalue weighted by molar-refractivity contribution is 0.0933. The molecule has 1 atom stereocenters. The van der Waals surface area contributed by atoms with Crippen molar-refractivity contribution in [3.63, 3.8) is 0 Å². The summed E-state index contributed by atoms with van der Waals surface area (Å²) in [4.78, 5) is 11.7. The van der Waals surface area contributed by atoms with Crippen molar-refractivity contribution in [2.24, 2.45) is 5.92 Å². The molecule has 0 fully saturated rings. The molecular formula is C12H17FN2O2. The second-order valence-electron chi connectivity index (χ2n) is 4.01. The summed E-state index contributed by atoms with van der Waals surface area (Å²) in [5.41, 5.74) is 5.63. The summed E-state index contributed by atoms with van der Waals surface area (Å²) in [5.74, 6) is -0.683. The van der Waals surface area contributed by atoms with Crippen molar-refractivity contribution in [2.75, 3.05) is 26.0 Å². The largest absolute Gasteiger partial charge is 0.396 e. The van der Waals surface area contributed by atoms with Gasteiger partial charge in [-0.2, -0.15) is 0 Å². The summed E-state index contributed by atoms with van der Waals surface area (Å²) in [5, 5.41) is 2.70. The number of anilines is 1. The van der Waals surface area contributed by atoms with Gasteiger partial charge < -0.3 is 15.8 Å². The summed E-state index contributed by atoms with van der Waals surface area (Å²) >= 11 is 0. The summed E-state index contributed by atoms with van der Waals surface area (Å²) in [6.45, 7) is 3.00. The Balaban J connectivity index is 2.55. The monoisotopic (exact) mass is 240 g/mol. The van der Waals surface area contributed by atoms with Crippen molar-refractivity contribution in [1.82, 2.24) is 5.32 Å². The van der Waals surface area contributed by atoms with Crippen LogP contribution < -0.4 is 11.1 Å². The van der Waals surface area contributed by atoms with Crippen molar-refractivity contribution < 1.29 is 13.9 Å². The van der Waals surface area contributed by atoms with E-state index in [1.165, 1.54) is 12.1 Å². The first kappa shape index (κ1) is 13.4. The van der Waals surface area contributed by atoms with E-state index >= 15 is 0 Å². The maximum Gasteiger partial charge on any atom is 0.251 e. The maximum atomic E-state index is 13.1. The summed E-state index contributed by atoms with van der Waals surface area (Å²) in [6.07, 6.45) is 0. The minimum atomic E-state index is -0.581. The number of ether oxygens (including phenoxy) is 1. The van der Waals surface area contributed by atoms with Gasteiger partial charge in [0.25, 0.3) is 5.91 Å². The third-order valence-electron chi connectivity index (χ3n) is 2.32. The fraction of sp³-hybridized carbons (Fsp3) is 0.417. The highest BCUT2D eigenvalue weighted by Gasteiger charge is 2.09. The number of benzene rings is 1. The number of nitrogens with one attached hydrogen (secondary N) is 1. The lowest BCUT2D eigenvalue weighted by Crippen LogP contribution is -2.29.